The molecule has 222 valence electrons. The maximum atomic E-state index is 13.5. The molecule has 5 rings (SSSR count). The molecule has 3 aliphatic carbocycles. The zero-order chi connectivity index (χ0) is 29.1. The molecule has 0 unspecified atom stereocenters. The Kier molecular flexibility index (Phi) is 9.19. The van der Waals surface area contributed by atoms with Gasteiger partial charge in [-0.05, 0) is 115 Å². The third-order valence-corrected chi connectivity index (χ3v) is 9.56. The highest BCUT2D eigenvalue weighted by molar-refractivity contribution is 7.17. The highest BCUT2D eigenvalue weighted by Gasteiger charge is 2.37. The summed E-state index contributed by atoms with van der Waals surface area (Å²) in [7, 11) is 0. The van der Waals surface area contributed by atoms with Gasteiger partial charge < -0.3 is 14.8 Å². The Labute approximate surface area is 248 Å². The topological polar surface area (TPSA) is 84.9 Å². The molecule has 1 aromatic carbocycles. The lowest BCUT2D eigenvalue weighted by molar-refractivity contribution is -0.149. The molecule has 0 spiro atoms. The number of rotatable bonds is 9. The van der Waals surface area contributed by atoms with E-state index in [1.807, 2.05) is 45.9 Å². The van der Waals surface area contributed by atoms with Gasteiger partial charge in [-0.25, -0.2) is 4.79 Å². The number of benzene rings is 1. The standard InChI is InChI=1S/C33H44N2O5S/c1-5-39-31(37)22-13-15-24(16-14-22)35(25-17-18-25)20-21-9-8-10-23(19-21)29(36)34-30-28(32(38)40-33(2,3)4)26-11-6-7-12-27(26)41-30/h8-10,19,22,24-25H,5-7,11-18,20H2,1-4H3,(H,34,36). The molecular formula is C33H44N2O5S. The fourth-order valence-corrected chi connectivity index (χ4v) is 7.53. The van der Waals surface area contributed by atoms with Crippen LogP contribution < -0.4 is 5.32 Å². The second-order valence-corrected chi connectivity index (χ2v) is 13.8. The first-order valence-corrected chi connectivity index (χ1v) is 16.1. The molecule has 2 fully saturated rings. The second kappa shape index (κ2) is 12.7. The number of ether oxygens (including phenoxy) is 2. The number of aryl methyl sites for hydroxylation is 1. The Bertz CT molecular complexity index is 1270. The number of anilines is 1. The molecule has 0 aliphatic heterocycles. The number of carbonyl (C=O) groups excluding carboxylic acids is 3. The number of fused-ring (bicyclic) bond motifs is 1. The van der Waals surface area contributed by atoms with Crippen LogP contribution in [0.3, 0.4) is 0 Å². The molecule has 0 atom stereocenters. The van der Waals surface area contributed by atoms with Gasteiger partial charge in [0.1, 0.15) is 10.6 Å². The van der Waals surface area contributed by atoms with Crippen molar-refractivity contribution >= 4 is 34.2 Å². The van der Waals surface area contributed by atoms with Crippen LogP contribution in [0.5, 0.6) is 0 Å². The smallest absolute Gasteiger partial charge is 0.341 e. The molecule has 41 heavy (non-hydrogen) atoms. The molecule has 8 heteroatoms. The number of esters is 2. The van der Waals surface area contributed by atoms with Crippen molar-refractivity contribution in [3.63, 3.8) is 0 Å². The maximum Gasteiger partial charge on any atom is 0.341 e. The van der Waals surface area contributed by atoms with E-state index in [9.17, 15) is 14.4 Å². The molecule has 0 bridgehead atoms. The van der Waals surface area contributed by atoms with Crippen molar-refractivity contribution in [3.8, 4) is 0 Å². The summed E-state index contributed by atoms with van der Waals surface area (Å²) in [5.74, 6) is -0.598. The summed E-state index contributed by atoms with van der Waals surface area (Å²) in [6.45, 7) is 8.69. The summed E-state index contributed by atoms with van der Waals surface area (Å²) < 4.78 is 11.0. The van der Waals surface area contributed by atoms with E-state index in [1.165, 1.54) is 29.1 Å². The van der Waals surface area contributed by atoms with Gasteiger partial charge >= 0.3 is 11.9 Å². The van der Waals surface area contributed by atoms with Crippen LogP contribution in [0.4, 0.5) is 5.00 Å². The van der Waals surface area contributed by atoms with Crippen molar-refractivity contribution in [3.05, 3.63) is 51.4 Å². The Morgan fingerprint density at radius 2 is 1.68 bits per heavy atom. The molecule has 1 amide bonds. The number of nitrogens with one attached hydrogen (secondary N) is 1. The third-order valence-electron chi connectivity index (χ3n) is 8.36. The lowest BCUT2D eigenvalue weighted by Crippen LogP contribution is -2.40. The van der Waals surface area contributed by atoms with Crippen LogP contribution in [0.15, 0.2) is 24.3 Å². The van der Waals surface area contributed by atoms with E-state index in [-0.39, 0.29) is 23.8 Å². The number of nitrogens with zero attached hydrogens (tertiary/aromatic N) is 1. The molecule has 2 aromatic rings. The Morgan fingerprint density at radius 3 is 2.34 bits per heavy atom. The first-order valence-electron chi connectivity index (χ1n) is 15.3. The summed E-state index contributed by atoms with van der Waals surface area (Å²) in [5.41, 5.74) is 2.65. The predicted molar refractivity (Wildman–Crippen MR) is 161 cm³/mol. The van der Waals surface area contributed by atoms with Crippen LogP contribution in [-0.2, 0) is 33.7 Å². The monoisotopic (exact) mass is 580 g/mol. The Hall–Kier alpha value is -2.71. The maximum absolute atomic E-state index is 13.5. The van der Waals surface area contributed by atoms with Gasteiger partial charge in [0.15, 0.2) is 0 Å². The summed E-state index contributed by atoms with van der Waals surface area (Å²) in [5, 5.41) is 3.67. The average molecular weight is 581 g/mol. The summed E-state index contributed by atoms with van der Waals surface area (Å²) in [6, 6.07) is 8.87. The van der Waals surface area contributed by atoms with Gasteiger partial charge in [-0.15, -0.1) is 11.3 Å². The van der Waals surface area contributed by atoms with Crippen molar-refractivity contribution in [2.24, 2.45) is 5.92 Å². The fourth-order valence-electron chi connectivity index (χ4n) is 6.26. The highest BCUT2D eigenvalue weighted by Crippen LogP contribution is 2.40. The molecule has 0 saturated heterocycles. The largest absolute Gasteiger partial charge is 0.466 e. The molecule has 1 N–H and O–H groups in total. The number of amides is 1. The second-order valence-electron chi connectivity index (χ2n) is 12.7. The average Bonchev–Trinajstić information content (AvgIpc) is 3.71. The van der Waals surface area contributed by atoms with Crippen molar-refractivity contribution in [1.29, 1.82) is 0 Å². The van der Waals surface area contributed by atoms with E-state index in [0.29, 0.717) is 34.8 Å². The van der Waals surface area contributed by atoms with Crippen LogP contribution in [0.25, 0.3) is 0 Å². The van der Waals surface area contributed by atoms with Crippen LogP contribution in [0.1, 0.15) is 116 Å². The molecular weight excluding hydrogens is 536 g/mol. The van der Waals surface area contributed by atoms with Crippen LogP contribution in [-0.4, -0.2) is 47.0 Å². The lowest BCUT2D eigenvalue weighted by atomic mass is 9.85. The molecule has 7 nitrogen and oxygen atoms in total. The summed E-state index contributed by atoms with van der Waals surface area (Å²) >= 11 is 1.52. The Morgan fingerprint density at radius 1 is 1.00 bits per heavy atom. The van der Waals surface area contributed by atoms with Gasteiger partial charge in [0.25, 0.3) is 5.91 Å². The zero-order valence-electron chi connectivity index (χ0n) is 24.9. The van der Waals surface area contributed by atoms with Gasteiger partial charge in [0.05, 0.1) is 18.1 Å². The SMILES string of the molecule is CCOC(=O)C1CCC(N(Cc2cccc(C(=O)Nc3sc4c(c3C(=O)OC(C)(C)C)CCCC4)c2)C2CC2)CC1. The van der Waals surface area contributed by atoms with Crippen LogP contribution >= 0.6 is 11.3 Å². The quantitative estimate of drug-likeness (QED) is 0.324. The Balaban J connectivity index is 1.28. The van der Waals surface area contributed by atoms with Crippen LogP contribution in [0.2, 0.25) is 0 Å². The number of hydrogen-bond acceptors (Lipinski definition) is 7. The zero-order valence-corrected chi connectivity index (χ0v) is 25.7. The predicted octanol–water partition coefficient (Wildman–Crippen LogP) is 6.92. The van der Waals surface area contributed by atoms with E-state index < -0.39 is 5.60 Å². The van der Waals surface area contributed by atoms with E-state index in [4.69, 9.17) is 9.47 Å². The van der Waals surface area contributed by atoms with Crippen molar-refractivity contribution < 1.29 is 23.9 Å². The summed E-state index contributed by atoms with van der Waals surface area (Å²) in [6.07, 6.45) is 10.1. The highest BCUT2D eigenvalue weighted by atomic mass is 32.1. The van der Waals surface area contributed by atoms with E-state index in [1.54, 1.807) is 0 Å². The molecule has 1 heterocycles. The molecule has 2 saturated carbocycles. The minimum Gasteiger partial charge on any atom is -0.466 e. The van der Waals surface area contributed by atoms with Crippen molar-refractivity contribution in [2.75, 3.05) is 11.9 Å². The summed E-state index contributed by atoms with van der Waals surface area (Å²) in [4.78, 5) is 42.7. The lowest BCUT2D eigenvalue weighted by Gasteiger charge is -2.36. The number of hydrogen-bond donors (Lipinski definition) is 1. The number of carbonyl (C=O) groups is 3. The van der Waals surface area contributed by atoms with E-state index >= 15 is 0 Å². The molecule has 0 radical (unpaired) electrons. The minimum absolute atomic E-state index is 0.0211. The fraction of sp³-hybridized carbons (Fsp3) is 0.606. The van der Waals surface area contributed by atoms with E-state index in [2.05, 4.69) is 16.3 Å². The number of thiophene rings is 1. The van der Waals surface area contributed by atoms with Crippen LogP contribution in [0, 0.1) is 5.92 Å². The van der Waals surface area contributed by atoms with Gasteiger partial charge in [-0.3, -0.25) is 14.5 Å². The first-order chi connectivity index (χ1) is 19.6. The van der Waals surface area contributed by atoms with Crippen molar-refractivity contribution in [1.82, 2.24) is 4.90 Å². The third kappa shape index (κ3) is 7.39. The van der Waals surface area contributed by atoms with Gasteiger partial charge in [0.2, 0.25) is 0 Å². The molecule has 1 aromatic heterocycles. The first kappa shape index (κ1) is 29.8. The minimum atomic E-state index is -0.609. The molecule has 3 aliphatic rings. The van der Waals surface area contributed by atoms with Gasteiger partial charge in [0, 0.05) is 29.1 Å². The van der Waals surface area contributed by atoms with Gasteiger partial charge in [-0.2, -0.15) is 0 Å². The van der Waals surface area contributed by atoms with Gasteiger partial charge in [-0.1, -0.05) is 12.1 Å². The normalized spacial score (nSPS) is 20.8. The van der Waals surface area contributed by atoms with E-state index in [0.717, 1.165) is 69.0 Å². The van der Waals surface area contributed by atoms with Crippen molar-refractivity contribution in [2.45, 2.75) is 116 Å².